The number of rotatable bonds is 5. The molecule has 0 fully saturated rings. The van der Waals surface area contributed by atoms with Crippen LogP contribution in [0.3, 0.4) is 0 Å². The van der Waals surface area contributed by atoms with E-state index in [1.54, 1.807) is 14.2 Å². The molecule has 96 valence electrons. The minimum absolute atomic E-state index is 0.167. The Bertz CT molecular complexity index is 372. The minimum atomic E-state index is -0.312. The first-order valence-corrected chi connectivity index (χ1v) is 5.64. The lowest BCUT2D eigenvalue weighted by Gasteiger charge is -2.24. The lowest BCUT2D eigenvalue weighted by molar-refractivity contribution is 0.381. The van der Waals surface area contributed by atoms with E-state index in [9.17, 15) is 0 Å². The van der Waals surface area contributed by atoms with Crippen molar-refractivity contribution >= 4 is 0 Å². The van der Waals surface area contributed by atoms with Gasteiger partial charge in [0.15, 0.2) is 0 Å². The van der Waals surface area contributed by atoms with Crippen LogP contribution in [0.4, 0.5) is 0 Å². The molecule has 0 aliphatic rings. The number of nitrogens with two attached hydrogens (primary N) is 2. The SMILES string of the molecule is COc1ccc(OC)c(C(N)CC(C)(C)N)c1. The van der Waals surface area contributed by atoms with Crippen LogP contribution in [0.15, 0.2) is 18.2 Å². The molecular weight excluding hydrogens is 216 g/mol. The number of methoxy groups -OCH3 is 2. The van der Waals surface area contributed by atoms with Gasteiger partial charge >= 0.3 is 0 Å². The molecular formula is C13H22N2O2. The van der Waals surface area contributed by atoms with Crippen LogP contribution < -0.4 is 20.9 Å². The Labute approximate surface area is 103 Å². The topological polar surface area (TPSA) is 70.5 Å². The largest absolute Gasteiger partial charge is 0.497 e. The predicted molar refractivity (Wildman–Crippen MR) is 69.4 cm³/mol. The fourth-order valence-electron chi connectivity index (χ4n) is 1.81. The predicted octanol–water partition coefficient (Wildman–Crippen LogP) is 1.83. The summed E-state index contributed by atoms with van der Waals surface area (Å²) in [4.78, 5) is 0. The lowest BCUT2D eigenvalue weighted by atomic mass is 9.92. The smallest absolute Gasteiger partial charge is 0.123 e. The van der Waals surface area contributed by atoms with Gasteiger partial charge in [0.05, 0.1) is 14.2 Å². The minimum Gasteiger partial charge on any atom is -0.497 e. The van der Waals surface area contributed by atoms with E-state index in [0.29, 0.717) is 6.42 Å². The van der Waals surface area contributed by atoms with Crippen molar-refractivity contribution in [2.24, 2.45) is 11.5 Å². The monoisotopic (exact) mass is 238 g/mol. The zero-order valence-corrected chi connectivity index (χ0v) is 11.0. The van der Waals surface area contributed by atoms with Gasteiger partial charge in [0.25, 0.3) is 0 Å². The van der Waals surface area contributed by atoms with E-state index in [4.69, 9.17) is 20.9 Å². The van der Waals surface area contributed by atoms with Crippen molar-refractivity contribution in [2.45, 2.75) is 31.8 Å². The highest BCUT2D eigenvalue weighted by Gasteiger charge is 2.20. The molecule has 1 unspecified atom stereocenters. The van der Waals surface area contributed by atoms with Crippen LogP contribution in [0.25, 0.3) is 0 Å². The normalized spacial score (nSPS) is 13.3. The van der Waals surface area contributed by atoms with Gasteiger partial charge in [-0.15, -0.1) is 0 Å². The molecule has 0 saturated carbocycles. The van der Waals surface area contributed by atoms with E-state index in [1.165, 1.54) is 0 Å². The second-order valence-electron chi connectivity index (χ2n) is 4.91. The summed E-state index contributed by atoms with van der Waals surface area (Å²) in [5.74, 6) is 1.54. The highest BCUT2D eigenvalue weighted by molar-refractivity contribution is 5.42. The summed E-state index contributed by atoms with van der Waals surface area (Å²) >= 11 is 0. The Kier molecular flexibility index (Phi) is 4.37. The van der Waals surface area contributed by atoms with Gasteiger partial charge in [0, 0.05) is 17.1 Å². The third kappa shape index (κ3) is 3.91. The Hall–Kier alpha value is -1.26. The van der Waals surface area contributed by atoms with Crippen molar-refractivity contribution in [1.82, 2.24) is 0 Å². The van der Waals surface area contributed by atoms with Gasteiger partial charge < -0.3 is 20.9 Å². The molecule has 0 aliphatic carbocycles. The summed E-state index contributed by atoms with van der Waals surface area (Å²) < 4.78 is 10.5. The molecule has 1 atom stereocenters. The molecule has 0 aromatic heterocycles. The van der Waals surface area contributed by atoms with E-state index < -0.39 is 0 Å². The molecule has 0 bridgehead atoms. The number of ether oxygens (including phenoxy) is 2. The maximum absolute atomic E-state index is 6.17. The molecule has 1 aromatic carbocycles. The summed E-state index contributed by atoms with van der Waals surface area (Å²) in [6.45, 7) is 3.92. The summed E-state index contributed by atoms with van der Waals surface area (Å²) in [6.07, 6.45) is 0.677. The van der Waals surface area contributed by atoms with Crippen LogP contribution >= 0.6 is 0 Å². The maximum atomic E-state index is 6.17. The van der Waals surface area contributed by atoms with E-state index >= 15 is 0 Å². The van der Waals surface area contributed by atoms with Gasteiger partial charge in [-0.1, -0.05) is 0 Å². The van der Waals surface area contributed by atoms with Crippen molar-refractivity contribution in [3.63, 3.8) is 0 Å². The Balaban J connectivity index is 3.01. The van der Waals surface area contributed by atoms with Gasteiger partial charge in [-0.25, -0.2) is 0 Å². The van der Waals surface area contributed by atoms with Gasteiger partial charge in [0.1, 0.15) is 11.5 Å². The van der Waals surface area contributed by atoms with Crippen molar-refractivity contribution in [3.05, 3.63) is 23.8 Å². The number of hydrogen-bond donors (Lipinski definition) is 2. The molecule has 17 heavy (non-hydrogen) atoms. The van der Waals surface area contributed by atoms with Crippen molar-refractivity contribution in [3.8, 4) is 11.5 Å². The summed E-state index contributed by atoms with van der Waals surface area (Å²) in [5.41, 5.74) is 12.8. The van der Waals surface area contributed by atoms with Crippen LogP contribution in [0.5, 0.6) is 11.5 Å². The average Bonchev–Trinajstić information content (AvgIpc) is 2.25. The highest BCUT2D eigenvalue weighted by Crippen LogP contribution is 2.31. The van der Waals surface area contributed by atoms with E-state index in [0.717, 1.165) is 17.1 Å². The standard InChI is InChI=1S/C13H22N2O2/c1-13(2,15)8-11(14)10-7-9(16-3)5-6-12(10)17-4/h5-7,11H,8,14-15H2,1-4H3. The van der Waals surface area contributed by atoms with Crippen LogP contribution in [0.1, 0.15) is 31.9 Å². The third-order valence-corrected chi connectivity index (χ3v) is 2.58. The first kappa shape index (κ1) is 13.8. The molecule has 4 heteroatoms. The Morgan fingerprint density at radius 2 is 1.88 bits per heavy atom. The van der Waals surface area contributed by atoms with Gasteiger partial charge in [-0.05, 0) is 38.5 Å². The first-order chi connectivity index (χ1) is 7.87. The molecule has 4 nitrogen and oxygen atoms in total. The molecule has 0 aliphatic heterocycles. The summed E-state index contributed by atoms with van der Waals surface area (Å²) in [6, 6.07) is 5.44. The highest BCUT2D eigenvalue weighted by atomic mass is 16.5. The summed E-state index contributed by atoms with van der Waals surface area (Å²) in [5, 5.41) is 0. The van der Waals surface area contributed by atoms with Crippen LogP contribution in [0.2, 0.25) is 0 Å². The first-order valence-electron chi connectivity index (χ1n) is 5.64. The molecule has 0 saturated heterocycles. The zero-order valence-electron chi connectivity index (χ0n) is 11.0. The molecule has 0 radical (unpaired) electrons. The average molecular weight is 238 g/mol. The van der Waals surface area contributed by atoms with Crippen LogP contribution in [0, 0.1) is 0 Å². The molecule has 0 heterocycles. The van der Waals surface area contributed by atoms with Crippen molar-refractivity contribution in [2.75, 3.05) is 14.2 Å². The molecule has 1 rings (SSSR count). The van der Waals surface area contributed by atoms with Crippen LogP contribution in [-0.4, -0.2) is 19.8 Å². The van der Waals surface area contributed by atoms with Crippen molar-refractivity contribution in [1.29, 1.82) is 0 Å². The quantitative estimate of drug-likeness (QED) is 0.821. The maximum Gasteiger partial charge on any atom is 0.123 e. The second kappa shape index (κ2) is 5.38. The third-order valence-electron chi connectivity index (χ3n) is 2.58. The van der Waals surface area contributed by atoms with Gasteiger partial charge in [-0.2, -0.15) is 0 Å². The molecule has 0 spiro atoms. The van der Waals surface area contributed by atoms with E-state index in [1.807, 2.05) is 32.0 Å². The van der Waals surface area contributed by atoms with Gasteiger partial charge in [-0.3, -0.25) is 0 Å². The fourth-order valence-corrected chi connectivity index (χ4v) is 1.81. The molecule has 0 amide bonds. The molecule has 1 aromatic rings. The van der Waals surface area contributed by atoms with E-state index in [2.05, 4.69) is 0 Å². The Morgan fingerprint density at radius 1 is 1.24 bits per heavy atom. The van der Waals surface area contributed by atoms with Crippen molar-refractivity contribution < 1.29 is 9.47 Å². The van der Waals surface area contributed by atoms with E-state index in [-0.39, 0.29) is 11.6 Å². The Morgan fingerprint density at radius 3 is 2.35 bits per heavy atom. The fraction of sp³-hybridized carbons (Fsp3) is 0.538. The summed E-state index contributed by atoms with van der Waals surface area (Å²) in [7, 11) is 3.26. The molecule has 4 N–H and O–H groups in total. The zero-order chi connectivity index (χ0) is 13.1. The number of benzene rings is 1. The lowest BCUT2D eigenvalue weighted by Crippen LogP contribution is -2.36. The van der Waals surface area contributed by atoms with Gasteiger partial charge in [0.2, 0.25) is 0 Å². The number of hydrogen-bond acceptors (Lipinski definition) is 4. The van der Waals surface area contributed by atoms with Crippen LogP contribution in [-0.2, 0) is 0 Å². The second-order valence-corrected chi connectivity index (χ2v) is 4.91.